The summed E-state index contributed by atoms with van der Waals surface area (Å²) in [4.78, 5) is 2.51. The van der Waals surface area contributed by atoms with Gasteiger partial charge in [-0.3, -0.25) is 4.90 Å². The molecule has 25 heavy (non-hydrogen) atoms. The molecule has 1 N–H and O–H groups in total. The lowest BCUT2D eigenvalue weighted by Gasteiger charge is -2.36. The topological polar surface area (TPSA) is 24.5 Å². The molecule has 0 aromatic heterocycles. The minimum Gasteiger partial charge on any atom is -0.371 e. The largest absolute Gasteiger partial charge is 0.371 e. The van der Waals surface area contributed by atoms with Gasteiger partial charge in [-0.05, 0) is 41.8 Å². The zero-order valence-electron chi connectivity index (χ0n) is 14.1. The molecule has 0 saturated carbocycles. The van der Waals surface area contributed by atoms with Crippen molar-refractivity contribution >= 4 is 23.2 Å². The highest BCUT2D eigenvalue weighted by molar-refractivity contribution is 6.30. The van der Waals surface area contributed by atoms with Crippen LogP contribution in [-0.2, 0) is 4.74 Å². The highest BCUT2D eigenvalue weighted by Crippen LogP contribution is 2.37. The number of hydrogen-bond donors (Lipinski definition) is 1. The molecule has 2 aromatic carbocycles. The number of nitrogens with zero attached hydrogens (tertiary/aromatic N) is 1. The standard InChI is InChI=1S/C20H22Cl2N2O/c21-17-5-1-15(2-6-17)19(16-3-7-18(22)8-4-16)24-11-9-20(14-24)13-23-10-12-25-20/h1-8,19,23H,9-14H2. The molecule has 2 aliphatic rings. The molecular weight excluding hydrogens is 355 g/mol. The van der Waals surface area contributed by atoms with Gasteiger partial charge in [-0.2, -0.15) is 0 Å². The van der Waals surface area contributed by atoms with Gasteiger partial charge < -0.3 is 10.1 Å². The van der Waals surface area contributed by atoms with E-state index in [1.54, 1.807) is 0 Å². The van der Waals surface area contributed by atoms with Gasteiger partial charge in [0.1, 0.15) is 0 Å². The molecule has 1 atom stereocenters. The van der Waals surface area contributed by atoms with Crippen molar-refractivity contribution in [2.45, 2.75) is 18.1 Å². The van der Waals surface area contributed by atoms with Crippen molar-refractivity contribution in [3.63, 3.8) is 0 Å². The third-order valence-electron chi connectivity index (χ3n) is 5.22. The maximum Gasteiger partial charge on any atom is 0.0945 e. The summed E-state index contributed by atoms with van der Waals surface area (Å²) in [6.07, 6.45) is 1.05. The molecule has 2 fully saturated rings. The fraction of sp³-hybridized carbons (Fsp3) is 0.400. The van der Waals surface area contributed by atoms with Gasteiger partial charge >= 0.3 is 0 Å². The molecule has 0 aliphatic carbocycles. The van der Waals surface area contributed by atoms with Gasteiger partial charge in [0.15, 0.2) is 0 Å². The number of halogens is 2. The lowest BCUT2D eigenvalue weighted by Crippen LogP contribution is -2.51. The number of hydrogen-bond acceptors (Lipinski definition) is 3. The van der Waals surface area contributed by atoms with E-state index in [0.717, 1.165) is 49.3 Å². The number of likely N-dealkylation sites (tertiary alicyclic amines) is 1. The summed E-state index contributed by atoms with van der Waals surface area (Å²) < 4.78 is 6.17. The minimum absolute atomic E-state index is 0.0602. The van der Waals surface area contributed by atoms with E-state index in [4.69, 9.17) is 27.9 Å². The van der Waals surface area contributed by atoms with Crippen molar-refractivity contribution in [2.75, 3.05) is 32.8 Å². The van der Waals surface area contributed by atoms with Crippen molar-refractivity contribution in [3.8, 4) is 0 Å². The van der Waals surface area contributed by atoms with Gasteiger partial charge in [0.25, 0.3) is 0 Å². The summed E-state index contributed by atoms with van der Waals surface area (Å²) in [6.45, 7) is 4.60. The fourth-order valence-corrected chi connectivity index (χ4v) is 4.22. The quantitative estimate of drug-likeness (QED) is 0.870. The first-order valence-corrected chi connectivity index (χ1v) is 9.51. The molecule has 2 heterocycles. The maximum absolute atomic E-state index is 6.17. The number of ether oxygens (including phenoxy) is 1. The van der Waals surface area contributed by atoms with Crippen molar-refractivity contribution < 1.29 is 4.74 Å². The van der Waals surface area contributed by atoms with E-state index in [1.807, 2.05) is 24.3 Å². The lowest BCUT2D eigenvalue weighted by atomic mass is 9.97. The average molecular weight is 377 g/mol. The van der Waals surface area contributed by atoms with E-state index in [9.17, 15) is 0 Å². The molecule has 4 rings (SSSR count). The van der Waals surface area contributed by atoms with Crippen LogP contribution in [-0.4, -0.2) is 43.3 Å². The van der Waals surface area contributed by atoms with Crippen molar-refractivity contribution in [1.82, 2.24) is 10.2 Å². The van der Waals surface area contributed by atoms with E-state index in [1.165, 1.54) is 11.1 Å². The Bertz CT molecular complexity index is 666. The smallest absolute Gasteiger partial charge is 0.0945 e. The molecule has 5 heteroatoms. The third-order valence-corrected chi connectivity index (χ3v) is 5.72. The van der Waals surface area contributed by atoms with Crippen LogP contribution in [0.25, 0.3) is 0 Å². The number of nitrogens with one attached hydrogen (secondary N) is 1. The van der Waals surface area contributed by atoms with Crippen molar-refractivity contribution in [1.29, 1.82) is 0 Å². The van der Waals surface area contributed by atoms with Crippen molar-refractivity contribution in [3.05, 3.63) is 69.7 Å². The Labute approximate surface area is 158 Å². The predicted molar refractivity (Wildman–Crippen MR) is 102 cm³/mol. The van der Waals surface area contributed by atoms with Crippen LogP contribution in [0.3, 0.4) is 0 Å². The van der Waals surface area contributed by atoms with Crippen LogP contribution in [0.2, 0.25) is 10.0 Å². The fourth-order valence-electron chi connectivity index (χ4n) is 3.97. The molecule has 0 amide bonds. The first kappa shape index (κ1) is 17.3. The van der Waals surface area contributed by atoms with Gasteiger partial charge in [0, 0.05) is 36.2 Å². The zero-order chi connectivity index (χ0) is 17.3. The molecule has 2 aromatic rings. The van der Waals surface area contributed by atoms with Crippen LogP contribution in [0.1, 0.15) is 23.6 Å². The molecule has 3 nitrogen and oxygen atoms in total. The van der Waals surface area contributed by atoms with Gasteiger partial charge in [-0.15, -0.1) is 0 Å². The molecule has 0 bridgehead atoms. The Balaban J connectivity index is 1.66. The second-order valence-electron chi connectivity index (χ2n) is 6.93. The highest BCUT2D eigenvalue weighted by atomic mass is 35.5. The van der Waals surface area contributed by atoms with Crippen LogP contribution < -0.4 is 5.32 Å². The Morgan fingerprint density at radius 3 is 2.08 bits per heavy atom. The van der Waals surface area contributed by atoms with E-state index in [0.29, 0.717) is 0 Å². The molecule has 2 aliphatic heterocycles. The third kappa shape index (κ3) is 3.71. The second kappa shape index (κ2) is 7.26. The van der Waals surface area contributed by atoms with Crippen LogP contribution in [0.5, 0.6) is 0 Å². The molecule has 2 saturated heterocycles. The number of morpholine rings is 1. The minimum atomic E-state index is -0.0602. The normalized spacial score (nSPS) is 24.3. The van der Waals surface area contributed by atoms with E-state index >= 15 is 0 Å². The first-order chi connectivity index (χ1) is 12.2. The Morgan fingerprint density at radius 2 is 1.56 bits per heavy atom. The summed E-state index contributed by atoms with van der Waals surface area (Å²) in [6, 6.07) is 16.5. The molecule has 132 valence electrons. The van der Waals surface area contributed by atoms with Crippen LogP contribution >= 0.6 is 23.2 Å². The molecular formula is C20H22Cl2N2O. The Kier molecular flexibility index (Phi) is 5.03. The molecule has 1 spiro atoms. The second-order valence-corrected chi connectivity index (χ2v) is 7.81. The lowest BCUT2D eigenvalue weighted by molar-refractivity contribution is -0.0585. The number of benzene rings is 2. The predicted octanol–water partition coefficient (Wildman–Crippen LogP) is 4.15. The summed E-state index contributed by atoms with van der Waals surface area (Å²) in [7, 11) is 0. The molecule has 0 radical (unpaired) electrons. The van der Waals surface area contributed by atoms with Gasteiger partial charge in [0.05, 0.1) is 18.2 Å². The summed E-state index contributed by atoms with van der Waals surface area (Å²) in [5, 5.41) is 5.01. The summed E-state index contributed by atoms with van der Waals surface area (Å²) in [5.74, 6) is 0. The first-order valence-electron chi connectivity index (χ1n) is 8.75. The monoisotopic (exact) mass is 376 g/mol. The van der Waals surface area contributed by atoms with Gasteiger partial charge in [-0.25, -0.2) is 0 Å². The number of rotatable bonds is 3. The van der Waals surface area contributed by atoms with E-state index < -0.39 is 0 Å². The Hall–Kier alpha value is -1.10. The van der Waals surface area contributed by atoms with Gasteiger partial charge in [0.2, 0.25) is 0 Å². The summed E-state index contributed by atoms with van der Waals surface area (Å²) in [5.41, 5.74) is 2.43. The summed E-state index contributed by atoms with van der Waals surface area (Å²) >= 11 is 12.2. The van der Waals surface area contributed by atoms with E-state index in [-0.39, 0.29) is 11.6 Å². The van der Waals surface area contributed by atoms with E-state index in [2.05, 4.69) is 34.5 Å². The van der Waals surface area contributed by atoms with Crippen LogP contribution in [0.15, 0.2) is 48.5 Å². The average Bonchev–Trinajstić information content (AvgIpc) is 3.02. The molecule has 1 unspecified atom stereocenters. The highest BCUT2D eigenvalue weighted by Gasteiger charge is 2.43. The maximum atomic E-state index is 6.17. The zero-order valence-corrected chi connectivity index (χ0v) is 15.6. The van der Waals surface area contributed by atoms with Crippen LogP contribution in [0.4, 0.5) is 0 Å². The SMILES string of the molecule is Clc1ccc(C(c2ccc(Cl)cc2)N2CCC3(CNCCO3)C2)cc1. The van der Waals surface area contributed by atoms with Crippen molar-refractivity contribution in [2.24, 2.45) is 0 Å². The Morgan fingerprint density at radius 1 is 0.960 bits per heavy atom. The van der Waals surface area contributed by atoms with Gasteiger partial charge in [-0.1, -0.05) is 47.5 Å². The van der Waals surface area contributed by atoms with Crippen LogP contribution in [0, 0.1) is 0 Å².